The van der Waals surface area contributed by atoms with Crippen molar-refractivity contribution in [3.05, 3.63) is 71.8 Å². The van der Waals surface area contributed by atoms with Gasteiger partial charge in [-0.25, -0.2) is 14.2 Å². The first-order chi connectivity index (χ1) is 21.7. The lowest BCUT2D eigenvalue weighted by Gasteiger charge is -2.20. The third-order valence-electron chi connectivity index (χ3n) is 5.67. The summed E-state index contributed by atoms with van der Waals surface area (Å²) in [6, 6.07) is 18.2. The van der Waals surface area contributed by atoms with Gasteiger partial charge in [0.15, 0.2) is 0 Å². The van der Waals surface area contributed by atoms with Crippen LogP contribution in [-0.2, 0) is 55.3 Å². The first-order valence-corrected chi connectivity index (χ1v) is 16.0. The van der Waals surface area contributed by atoms with E-state index in [9.17, 15) is 18.9 Å². The molecule has 0 saturated carbocycles. The topological polar surface area (TPSA) is 175 Å². The summed E-state index contributed by atoms with van der Waals surface area (Å²) in [7, 11) is -2.74. The Kier molecular flexibility index (Phi) is 17.7. The van der Waals surface area contributed by atoms with Crippen LogP contribution in [0.1, 0.15) is 43.7 Å². The standard InChI is InChI=1S/C30H42N3O11P/c1-3-4-17-38-27(34)22-33(2)28(31)32-45(37,43-20-11-18-39-29(35)41-23-25-13-7-5-8-14-25)44-21-12-19-40-30(36)42-24-26-15-9-6-10-16-26/h5-10,13-16H,3-4,11-12,17-24H2,1-2H3,(H2,31,32,37). The largest absolute Gasteiger partial charge is 0.508 e. The van der Waals surface area contributed by atoms with Gasteiger partial charge in [-0.3, -0.25) is 13.8 Å². The van der Waals surface area contributed by atoms with Crippen LogP contribution < -0.4 is 5.73 Å². The van der Waals surface area contributed by atoms with Gasteiger partial charge in [-0.15, -0.1) is 4.76 Å². The molecule has 0 saturated heterocycles. The quantitative estimate of drug-likeness (QED) is 0.0494. The van der Waals surface area contributed by atoms with Crippen molar-refractivity contribution >= 4 is 32.0 Å². The Bertz CT molecular complexity index is 1160. The molecule has 2 rings (SSSR count). The fourth-order valence-electron chi connectivity index (χ4n) is 3.25. The maximum atomic E-state index is 13.4. The van der Waals surface area contributed by atoms with E-state index in [1.165, 1.54) is 11.9 Å². The van der Waals surface area contributed by atoms with Gasteiger partial charge in [-0.2, -0.15) is 0 Å². The number of likely N-dealkylation sites (N-methyl/N-ethyl adjacent to an activating group) is 1. The first kappa shape index (κ1) is 37.1. The smallest absolute Gasteiger partial charge is 0.464 e. The van der Waals surface area contributed by atoms with E-state index in [0.29, 0.717) is 0 Å². The molecule has 0 heterocycles. The number of hydrogen-bond acceptors (Lipinski definition) is 11. The SMILES string of the molecule is CCCCOC(=O)CN(C)C(N)=NP(=O)(OCCCOC(=O)OCc1ccccc1)OCCCOC(=O)OCc1ccccc1. The van der Waals surface area contributed by atoms with Gasteiger partial charge in [0.2, 0.25) is 5.96 Å². The van der Waals surface area contributed by atoms with Crippen LogP contribution in [-0.4, -0.2) is 75.8 Å². The van der Waals surface area contributed by atoms with E-state index in [-0.39, 0.29) is 71.6 Å². The Labute approximate surface area is 263 Å². The molecule has 0 aliphatic carbocycles. The summed E-state index contributed by atoms with van der Waals surface area (Å²) < 4.78 is 53.4. The molecule has 0 radical (unpaired) electrons. The van der Waals surface area contributed by atoms with E-state index in [4.69, 9.17) is 38.5 Å². The number of nitrogens with two attached hydrogens (primary N) is 1. The van der Waals surface area contributed by atoms with Gasteiger partial charge in [0.1, 0.15) is 19.8 Å². The van der Waals surface area contributed by atoms with Crippen molar-refractivity contribution in [2.45, 2.75) is 45.8 Å². The predicted octanol–water partition coefficient (Wildman–Crippen LogP) is 5.20. The monoisotopic (exact) mass is 651 g/mol. The summed E-state index contributed by atoms with van der Waals surface area (Å²) in [4.78, 5) is 37.0. The Morgan fingerprint density at radius 1 is 0.711 bits per heavy atom. The van der Waals surface area contributed by atoms with Crippen LogP contribution in [0.25, 0.3) is 0 Å². The van der Waals surface area contributed by atoms with Gasteiger partial charge in [-0.1, -0.05) is 74.0 Å². The first-order valence-electron chi connectivity index (χ1n) is 14.5. The molecule has 248 valence electrons. The molecule has 0 unspecified atom stereocenters. The summed E-state index contributed by atoms with van der Waals surface area (Å²) in [5.74, 6) is -0.819. The summed E-state index contributed by atoms with van der Waals surface area (Å²) in [5, 5.41) is 0. The van der Waals surface area contributed by atoms with Gasteiger partial charge >= 0.3 is 26.0 Å². The lowest BCUT2D eigenvalue weighted by atomic mass is 10.2. The minimum absolute atomic E-state index is 0.0569. The van der Waals surface area contributed by atoms with Gasteiger partial charge in [-0.05, 0) is 17.5 Å². The fraction of sp³-hybridized carbons (Fsp3) is 0.467. The molecule has 0 amide bonds. The molecule has 0 aliphatic rings. The highest BCUT2D eigenvalue weighted by Gasteiger charge is 2.26. The Morgan fingerprint density at radius 2 is 1.18 bits per heavy atom. The molecule has 0 aromatic heterocycles. The Balaban J connectivity index is 1.82. The molecule has 0 atom stereocenters. The van der Waals surface area contributed by atoms with Crippen molar-refractivity contribution in [2.75, 3.05) is 46.6 Å². The maximum Gasteiger partial charge on any atom is 0.508 e. The zero-order valence-electron chi connectivity index (χ0n) is 25.7. The number of ether oxygens (including phenoxy) is 5. The van der Waals surface area contributed by atoms with Crippen LogP contribution in [0.4, 0.5) is 9.59 Å². The minimum atomic E-state index is -4.21. The van der Waals surface area contributed by atoms with E-state index in [1.54, 1.807) is 0 Å². The molecule has 2 N–H and O–H groups in total. The molecule has 2 aromatic carbocycles. The summed E-state index contributed by atoms with van der Waals surface area (Å²) in [5.41, 5.74) is 7.58. The number of hydrogen-bond donors (Lipinski definition) is 1. The van der Waals surface area contributed by atoms with Crippen molar-refractivity contribution < 1.29 is 51.7 Å². The van der Waals surface area contributed by atoms with E-state index >= 15 is 0 Å². The van der Waals surface area contributed by atoms with Crippen LogP contribution in [0.15, 0.2) is 65.4 Å². The van der Waals surface area contributed by atoms with E-state index in [2.05, 4.69) is 4.76 Å². The van der Waals surface area contributed by atoms with Gasteiger partial charge < -0.3 is 34.3 Å². The fourth-order valence-corrected chi connectivity index (χ4v) is 4.57. The average Bonchev–Trinajstić information content (AvgIpc) is 3.03. The third-order valence-corrected chi connectivity index (χ3v) is 7.14. The van der Waals surface area contributed by atoms with Crippen molar-refractivity contribution in [2.24, 2.45) is 10.5 Å². The van der Waals surface area contributed by atoms with Crippen molar-refractivity contribution in [3.8, 4) is 0 Å². The summed E-state index contributed by atoms with van der Waals surface area (Å²) in [6.45, 7) is 1.59. The predicted molar refractivity (Wildman–Crippen MR) is 164 cm³/mol. The van der Waals surface area contributed by atoms with Gasteiger partial charge in [0.05, 0.1) is 33.0 Å². The second-order valence-electron chi connectivity index (χ2n) is 9.48. The van der Waals surface area contributed by atoms with Crippen molar-refractivity contribution in [3.63, 3.8) is 0 Å². The molecule has 0 spiro atoms. The van der Waals surface area contributed by atoms with E-state index < -0.39 is 26.0 Å². The highest BCUT2D eigenvalue weighted by molar-refractivity contribution is 7.52. The van der Waals surface area contributed by atoms with Crippen LogP contribution in [0.2, 0.25) is 0 Å². The molecular formula is C30H42N3O11P. The number of nitrogens with zero attached hydrogens (tertiary/aromatic N) is 2. The highest BCUT2D eigenvalue weighted by Crippen LogP contribution is 2.50. The van der Waals surface area contributed by atoms with Crippen LogP contribution in [0.3, 0.4) is 0 Å². The molecule has 45 heavy (non-hydrogen) atoms. The van der Waals surface area contributed by atoms with E-state index in [1.807, 2.05) is 67.6 Å². The Morgan fingerprint density at radius 3 is 1.64 bits per heavy atom. The lowest BCUT2D eigenvalue weighted by molar-refractivity contribution is -0.143. The van der Waals surface area contributed by atoms with Crippen LogP contribution in [0, 0.1) is 0 Å². The molecule has 15 heteroatoms. The molecule has 0 bridgehead atoms. The number of carbonyl (C=O) groups excluding carboxylic acids is 3. The molecule has 0 aliphatic heterocycles. The molecule has 14 nitrogen and oxygen atoms in total. The summed E-state index contributed by atoms with van der Waals surface area (Å²) in [6.07, 6.45) is 0.132. The maximum absolute atomic E-state index is 13.4. The van der Waals surface area contributed by atoms with E-state index in [0.717, 1.165) is 24.0 Å². The molecule has 2 aromatic rings. The average molecular weight is 652 g/mol. The Hall–Kier alpha value is -4.13. The van der Waals surface area contributed by atoms with Crippen LogP contribution in [0.5, 0.6) is 0 Å². The lowest BCUT2D eigenvalue weighted by Crippen LogP contribution is -2.38. The third kappa shape index (κ3) is 17.1. The number of unbranched alkanes of at least 4 members (excludes halogenated alkanes) is 1. The number of guanidine groups is 1. The summed E-state index contributed by atoms with van der Waals surface area (Å²) >= 11 is 0. The van der Waals surface area contributed by atoms with Gasteiger partial charge in [0.25, 0.3) is 0 Å². The van der Waals surface area contributed by atoms with Gasteiger partial charge in [0, 0.05) is 19.9 Å². The zero-order chi connectivity index (χ0) is 32.8. The number of rotatable bonds is 20. The van der Waals surface area contributed by atoms with Crippen molar-refractivity contribution in [1.82, 2.24) is 4.90 Å². The minimum Gasteiger partial charge on any atom is -0.464 e. The number of esters is 1. The van der Waals surface area contributed by atoms with Crippen molar-refractivity contribution in [1.29, 1.82) is 0 Å². The second-order valence-corrected chi connectivity index (χ2v) is 11.1. The highest BCUT2D eigenvalue weighted by atomic mass is 31.2. The molecular weight excluding hydrogens is 609 g/mol. The zero-order valence-corrected chi connectivity index (χ0v) is 26.6. The second kappa shape index (κ2) is 21.6. The molecule has 0 fully saturated rings. The van der Waals surface area contributed by atoms with Crippen LogP contribution >= 0.6 is 7.75 Å². The number of carbonyl (C=O) groups is 3. The number of benzene rings is 2. The normalized spacial score (nSPS) is 11.4.